The lowest BCUT2D eigenvalue weighted by atomic mass is 9.99. The van der Waals surface area contributed by atoms with Crippen LogP contribution >= 0.6 is 0 Å². The van der Waals surface area contributed by atoms with Crippen LogP contribution in [0.5, 0.6) is 0 Å². The van der Waals surface area contributed by atoms with E-state index in [1.165, 1.54) is 6.42 Å². The summed E-state index contributed by atoms with van der Waals surface area (Å²) in [6.07, 6.45) is 3.39. The maximum absolute atomic E-state index is 5.65. The summed E-state index contributed by atoms with van der Waals surface area (Å²) >= 11 is 0. The van der Waals surface area contributed by atoms with E-state index >= 15 is 0 Å². The summed E-state index contributed by atoms with van der Waals surface area (Å²) in [4.78, 5) is 0. The van der Waals surface area contributed by atoms with Gasteiger partial charge in [0.25, 0.3) is 0 Å². The van der Waals surface area contributed by atoms with Gasteiger partial charge in [0, 0.05) is 19.6 Å². The van der Waals surface area contributed by atoms with E-state index in [0.717, 1.165) is 26.0 Å². The molecule has 10 heavy (non-hydrogen) atoms. The quantitative estimate of drug-likeness (QED) is 0.644. The Bertz CT molecular complexity index is 93.9. The number of hydrogen-bond acceptors (Lipinski definition) is 2. The van der Waals surface area contributed by atoms with Crippen LogP contribution in [0, 0.1) is 0 Å². The van der Waals surface area contributed by atoms with Gasteiger partial charge in [-0.1, -0.05) is 13.8 Å². The van der Waals surface area contributed by atoms with Crippen LogP contribution in [-0.4, -0.2) is 18.9 Å². The summed E-state index contributed by atoms with van der Waals surface area (Å²) in [5.74, 6) is 0. The largest absolute Gasteiger partial charge is 0.361 e. The van der Waals surface area contributed by atoms with Gasteiger partial charge in [-0.2, -0.15) is 0 Å². The first kappa shape index (κ1) is 8.02. The van der Waals surface area contributed by atoms with E-state index in [9.17, 15) is 0 Å². The smallest absolute Gasteiger partial charge is 0.120 e. The molecule has 0 amide bonds. The fraction of sp³-hybridized carbons (Fsp3) is 1.00. The van der Waals surface area contributed by atoms with Gasteiger partial charge in [-0.3, -0.25) is 5.32 Å². The third-order valence-corrected chi connectivity index (χ3v) is 2.13. The maximum atomic E-state index is 5.65. The van der Waals surface area contributed by atoms with Crippen molar-refractivity contribution in [3.63, 3.8) is 0 Å². The van der Waals surface area contributed by atoms with Crippen molar-refractivity contribution in [2.75, 3.05) is 13.2 Å². The summed E-state index contributed by atoms with van der Waals surface area (Å²) in [5.41, 5.74) is 0.0655. The lowest BCUT2D eigenvalue weighted by molar-refractivity contribution is -0.118. The summed E-state index contributed by atoms with van der Waals surface area (Å²) in [6.45, 7) is 6.32. The summed E-state index contributed by atoms with van der Waals surface area (Å²) in [5, 5.41) is 3.32. The van der Waals surface area contributed by atoms with Crippen LogP contribution in [0.1, 0.15) is 33.1 Å². The van der Waals surface area contributed by atoms with Crippen molar-refractivity contribution in [2.45, 2.75) is 38.8 Å². The highest BCUT2D eigenvalue weighted by Crippen LogP contribution is 2.23. The Balaban J connectivity index is 2.20. The molecule has 1 heterocycles. The van der Waals surface area contributed by atoms with Crippen LogP contribution in [0.15, 0.2) is 0 Å². The predicted octanol–water partition coefficient (Wildman–Crippen LogP) is 1.51. The van der Waals surface area contributed by atoms with Gasteiger partial charge in [0.05, 0.1) is 0 Å². The second-order valence-corrected chi connectivity index (χ2v) is 2.87. The van der Waals surface area contributed by atoms with Crippen molar-refractivity contribution in [1.82, 2.24) is 5.32 Å². The number of ether oxygens (including phenoxy) is 1. The first-order chi connectivity index (χ1) is 4.83. The lowest BCUT2D eigenvalue weighted by Crippen LogP contribution is -2.58. The molecular formula is C8H17NO. The van der Waals surface area contributed by atoms with Crippen LogP contribution in [0.3, 0.4) is 0 Å². The van der Waals surface area contributed by atoms with E-state index in [1.807, 2.05) is 0 Å². The molecule has 0 aliphatic carbocycles. The molecule has 1 aliphatic rings. The van der Waals surface area contributed by atoms with E-state index in [1.54, 1.807) is 0 Å². The zero-order valence-corrected chi connectivity index (χ0v) is 6.94. The summed E-state index contributed by atoms with van der Waals surface area (Å²) < 4.78 is 5.65. The van der Waals surface area contributed by atoms with Crippen LogP contribution in [0.25, 0.3) is 0 Å². The normalized spacial score (nSPS) is 31.8. The molecule has 1 atom stereocenters. The molecule has 1 unspecified atom stereocenters. The molecule has 1 N–H and O–H groups in total. The van der Waals surface area contributed by atoms with Gasteiger partial charge < -0.3 is 4.74 Å². The van der Waals surface area contributed by atoms with Crippen LogP contribution in [-0.2, 0) is 4.74 Å². The summed E-state index contributed by atoms with van der Waals surface area (Å²) in [7, 11) is 0. The molecule has 60 valence electrons. The summed E-state index contributed by atoms with van der Waals surface area (Å²) in [6, 6.07) is 0. The topological polar surface area (TPSA) is 21.3 Å². The second kappa shape index (κ2) is 3.35. The van der Waals surface area contributed by atoms with Crippen LogP contribution < -0.4 is 5.32 Å². The van der Waals surface area contributed by atoms with E-state index in [-0.39, 0.29) is 5.72 Å². The molecule has 0 aromatic carbocycles. The van der Waals surface area contributed by atoms with Crippen molar-refractivity contribution in [3.05, 3.63) is 0 Å². The average Bonchev–Trinajstić information content (AvgIpc) is 1.87. The molecule has 1 fully saturated rings. The van der Waals surface area contributed by atoms with Crippen LogP contribution in [0.2, 0.25) is 0 Å². The minimum atomic E-state index is 0.0655. The van der Waals surface area contributed by atoms with E-state index in [2.05, 4.69) is 19.2 Å². The molecule has 1 rings (SSSR count). The van der Waals surface area contributed by atoms with Gasteiger partial charge in [-0.05, 0) is 12.8 Å². The molecule has 0 saturated carbocycles. The number of hydrogen-bond donors (Lipinski definition) is 1. The van der Waals surface area contributed by atoms with Crippen molar-refractivity contribution in [2.24, 2.45) is 0 Å². The van der Waals surface area contributed by atoms with Crippen LogP contribution in [0.4, 0.5) is 0 Å². The minimum absolute atomic E-state index is 0.0655. The first-order valence-corrected chi connectivity index (χ1v) is 4.22. The lowest BCUT2D eigenvalue weighted by Gasteiger charge is -2.42. The number of rotatable bonds is 4. The zero-order chi connectivity index (χ0) is 7.45. The van der Waals surface area contributed by atoms with Gasteiger partial charge in [0.1, 0.15) is 5.72 Å². The molecule has 1 saturated heterocycles. The van der Waals surface area contributed by atoms with Crippen molar-refractivity contribution in [1.29, 1.82) is 0 Å². The van der Waals surface area contributed by atoms with Gasteiger partial charge >= 0.3 is 0 Å². The Morgan fingerprint density at radius 1 is 1.50 bits per heavy atom. The Kier molecular flexibility index (Phi) is 2.69. The van der Waals surface area contributed by atoms with E-state index in [0.29, 0.717) is 0 Å². The fourth-order valence-electron chi connectivity index (χ4n) is 1.23. The average molecular weight is 143 g/mol. The molecule has 2 heteroatoms. The Morgan fingerprint density at radius 2 is 2.20 bits per heavy atom. The maximum Gasteiger partial charge on any atom is 0.120 e. The molecule has 0 aromatic heterocycles. The molecule has 1 aliphatic heterocycles. The monoisotopic (exact) mass is 143 g/mol. The standard InChI is InChI=1S/C8H17NO/c1-3-7-10-8(4-2)5-6-9-8/h9H,3-7H2,1-2H3. The highest BCUT2D eigenvalue weighted by atomic mass is 16.5. The molecule has 0 aromatic rings. The highest BCUT2D eigenvalue weighted by Gasteiger charge is 2.34. The molecule has 0 bridgehead atoms. The van der Waals surface area contributed by atoms with Crippen molar-refractivity contribution in [3.8, 4) is 0 Å². The third kappa shape index (κ3) is 1.50. The molecular weight excluding hydrogens is 126 g/mol. The predicted molar refractivity (Wildman–Crippen MR) is 41.9 cm³/mol. The second-order valence-electron chi connectivity index (χ2n) is 2.87. The third-order valence-electron chi connectivity index (χ3n) is 2.13. The van der Waals surface area contributed by atoms with Gasteiger partial charge in [-0.25, -0.2) is 0 Å². The van der Waals surface area contributed by atoms with E-state index < -0.39 is 0 Å². The molecule has 2 nitrogen and oxygen atoms in total. The minimum Gasteiger partial charge on any atom is -0.361 e. The van der Waals surface area contributed by atoms with Gasteiger partial charge in [0.15, 0.2) is 0 Å². The highest BCUT2D eigenvalue weighted by molar-refractivity contribution is 4.86. The Morgan fingerprint density at radius 3 is 2.50 bits per heavy atom. The van der Waals surface area contributed by atoms with Gasteiger partial charge in [0.2, 0.25) is 0 Å². The Hall–Kier alpha value is -0.0800. The first-order valence-electron chi connectivity index (χ1n) is 4.22. The Labute approximate surface area is 63.0 Å². The van der Waals surface area contributed by atoms with E-state index in [4.69, 9.17) is 4.74 Å². The van der Waals surface area contributed by atoms with Crippen molar-refractivity contribution >= 4 is 0 Å². The fourth-order valence-corrected chi connectivity index (χ4v) is 1.23. The van der Waals surface area contributed by atoms with Crippen molar-refractivity contribution < 1.29 is 4.74 Å². The SMILES string of the molecule is CCCOC1(CC)CCN1. The molecule has 0 spiro atoms. The number of nitrogens with one attached hydrogen (secondary N) is 1. The zero-order valence-electron chi connectivity index (χ0n) is 6.94. The molecule has 0 radical (unpaired) electrons. The van der Waals surface area contributed by atoms with Gasteiger partial charge in [-0.15, -0.1) is 0 Å².